The predicted molar refractivity (Wildman–Crippen MR) is 76.8 cm³/mol. The molecule has 1 amide bonds. The summed E-state index contributed by atoms with van der Waals surface area (Å²) in [5.41, 5.74) is 5.48. The fourth-order valence-electron chi connectivity index (χ4n) is 3.51. The molecule has 2 aliphatic rings. The van der Waals surface area contributed by atoms with Gasteiger partial charge >= 0.3 is 0 Å². The molecule has 0 aromatic rings. The van der Waals surface area contributed by atoms with Crippen molar-refractivity contribution in [1.29, 1.82) is 0 Å². The van der Waals surface area contributed by atoms with E-state index in [9.17, 15) is 4.79 Å². The Labute approximate surface area is 117 Å². The molecule has 0 aromatic heterocycles. The molecule has 0 radical (unpaired) electrons. The lowest BCUT2D eigenvalue weighted by molar-refractivity contribution is -0.133. The number of hydrogen-bond acceptors (Lipinski definition) is 2. The van der Waals surface area contributed by atoms with Gasteiger partial charge in [0, 0.05) is 19.0 Å². The molecule has 3 nitrogen and oxygen atoms in total. The number of hydrogen-bond donors (Lipinski definition) is 1. The Balaban J connectivity index is 0.00000162. The quantitative estimate of drug-likeness (QED) is 0.857. The molecular formula is C14H27ClN2O. The van der Waals surface area contributed by atoms with Gasteiger partial charge in [0.15, 0.2) is 0 Å². The van der Waals surface area contributed by atoms with Gasteiger partial charge < -0.3 is 10.6 Å². The summed E-state index contributed by atoms with van der Waals surface area (Å²) in [6.45, 7) is 1.62. The Kier molecular flexibility index (Phi) is 7.02. The molecule has 1 unspecified atom stereocenters. The fourth-order valence-corrected chi connectivity index (χ4v) is 3.51. The van der Waals surface area contributed by atoms with E-state index in [-0.39, 0.29) is 12.4 Å². The second-order valence-corrected chi connectivity index (χ2v) is 5.59. The van der Waals surface area contributed by atoms with E-state index in [0.29, 0.717) is 24.9 Å². The first-order valence-electron chi connectivity index (χ1n) is 7.32. The SMILES string of the molecule is Cl.NCCCC(=O)N1CCCC1C1CCCCC1. The highest BCUT2D eigenvalue weighted by molar-refractivity contribution is 5.85. The lowest BCUT2D eigenvalue weighted by atomic mass is 9.83. The van der Waals surface area contributed by atoms with Crippen molar-refractivity contribution in [2.75, 3.05) is 13.1 Å². The zero-order valence-corrected chi connectivity index (χ0v) is 12.1. The molecule has 1 aliphatic heterocycles. The maximum absolute atomic E-state index is 12.1. The summed E-state index contributed by atoms with van der Waals surface area (Å²) in [4.78, 5) is 14.3. The summed E-state index contributed by atoms with van der Waals surface area (Å²) in [7, 11) is 0. The fraction of sp³-hybridized carbons (Fsp3) is 0.929. The van der Waals surface area contributed by atoms with Gasteiger partial charge in [-0.25, -0.2) is 0 Å². The highest BCUT2D eigenvalue weighted by Crippen LogP contribution is 2.34. The van der Waals surface area contributed by atoms with Crippen LogP contribution in [0.2, 0.25) is 0 Å². The Hall–Kier alpha value is -0.280. The minimum Gasteiger partial charge on any atom is -0.339 e. The van der Waals surface area contributed by atoms with E-state index in [1.165, 1.54) is 44.9 Å². The van der Waals surface area contributed by atoms with Gasteiger partial charge in [0.2, 0.25) is 5.91 Å². The van der Waals surface area contributed by atoms with Crippen molar-refractivity contribution < 1.29 is 4.79 Å². The molecule has 4 heteroatoms. The molecule has 0 spiro atoms. The molecule has 1 aliphatic carbocycles. The number of carbonyl (C=O) groups is 1. The van der Waals surface area contributed by atoms with Gasteiger partial charge in [-0.15, -0.1) is 12.4 Å². The Morgan fingerprint density at radius 3 is 2.50 bits per heavy atom. The van der Waals surface area contributed by atoms with E-state index >= 15 is 0 Å². The third kappa shape index (κ3) is 3.86. The van der Waals surface area contributed by atoms with Crippen molar-refractivity contribution >= 4 is 18.3 Å². The van der Waals surface area contributed by atoms with Crippen molar-refractivity contribution in [2.45, 2.75) is 63.8 Å². The van der Waals surface area contributed by atoms with Gasteiger partial charge in [-0.05, 0) is 44.6 Å². The average Bonchev–Trinajstić information content (AvgIpc) is 2.86. The van der Waals surface area contributed by atoms with Crippen molar-refractivity contribution in [3.8, 4) is 0 Å². The first-order chi connectivity index (χ1) is 8.33. The monoisotopic (exact) mass is 274 g/mol. The molecule has 0 aromatic carbocycles. The molecular weight excluding hydrogens is 248 g/mol. The van der Waals surface area contributed by atoms with Gasteiger partial charge in [-0.1, -0.05) is 19.3 Å². The molecule has 2 N–H and O–H groups in total. The Morgan fingerprint density at radius 1 is 1.11 bits per heavy atom. The van der Waals surface area contributed by atoms with E-state index < -0.39 is 0 Å². The molecule has 18 heavy (non-hydrogen) atoms. The van der Waals surface area contributed by atoms with E-state index in [1.54, 1.807) is 0 Å². The van der Waals surface area contributed by atoms with Gasteiger partial charge in [0.1, 0.15) is 0 Å². The van der Waals surface area contributed by atoms with Crippen LogP contribution in [0.3, 0.4) is 0 Å². The highest BCUT2D eigenvalue weighted by Gasteiger charge is 2.34. The standard InChI is InChI=1S/C14H26N2O.ClH/c15-10-4-9-14(17)16-11-5-8-13(16)12-6-2-1-3-7-12;/h12-13H,1-11,15H2;1H. The van der Waals surface area contributed by atoms with Crippen LogP contribution in [0.4, 0.5) is 0 Å². The molecule has 1 saturated heterocycles. The summed E-state index contributed by atoms with van der Waals surface area (Å²) < 4.78 is 0. The normalized spacial score (nSPS) is 24.9. The largest absolute Gasteiger partial charge is 0.339 e. The van der Waals surface area contributed by atoms with Crippen molar-refractivity contribution in [3.63, 3.8) is 0 Å². The second kappa shape index (κ2) is 8.00. The number of likely N-dealkylation sites (tertiary alicyclic amines) is 1. The Bertz CT molecular complexity index is 254. The highest BCUT2D eigenvalue weighted by atomic mass is 35.5. The van der Waals surface area contributed by atoms with Crippen LogP contribution in [-0.2, 0) is 4.79 Å². The van der Waals surface area contributed by atoms with Gasteiger partial charge in [-0.3, -0.25) is 4.79 Å². The van der Waals surface area contributed by atoms with Crippen LogP contribution in [0.15, 0.2) is 0 Å². The van der Waals surface area contributed by atoms with Crippen molar-refractivity contribution in [2.24, 2.45) is 11.7 Å². The van der Waals surface area contributed by atoms with Gasteiger partial charge in [-0.2, -0.15) is 0 Å². The first kappa shape index (κ1) is 15.8. The number of carbonyl (C=O) groups excluding carboxylic acids is 1. The summed E-state index contributed by atoms with van der Waals surface area (Å²) in [5.74, 6) is 1.14. The number of nitrogens with two attached hydrogens (primary N) is 1. The topological polar surface area (TPSA) is 46.3 Å². The zero-order valence-electron chi connectivity index (χ0n) is 11.3. The van der Waals surface area contributed by atoms with E-state index in [2.05, 4.69) is 4.90 Å². The van der Waals surface area contributed by atoms with Crippen LogP contribution in [0.5, 0.6) is 0 Å². The minimum atomic E-state index is 0. The lowest BCUT2D eigenvalue weighted by Gasteiger charge is -2.34. The summed E-state index contributed by atoms with van der Waals surface area (Å²) in [5, 5.41) is 0. The summed E-state index contributed by atoms with van der Waals surface area (Å²) >= 11 is 0. The van der Waals surface area contributed by atoms with Gasteiger partial charge in [0.05, 0.1) is 0 Å². The van der Waals surface area contributed by atoms with E-state index in [1.807, 2.05) is 0 Å². The summed E-state index contributed by atoms with van der Waals surface area (Å²) in [6, 6.07) is 0.556. The van der Waals surface area contributed by atoms with Crippen LogP contribution >= 0.6 is 12.4 Å². The number of amides is 1. The predicted octanol–water partition coefficient (Wildman–Crippen LogP) is 2.72. The van der Waals surface area contributed by atoms with Crippen molar-refractivity contribution in [1.82, 2.24) is 4.90 Å². The van der Waals surface area contributed by atoms with E-state index in [0.717, 1.165) is 18.9 Å². The molecule has 2 rings (SSSR count). The smallest absolute Gasteiger partial charge is 0.222 e. The number of nitrogens with zero attached hydrogens (tertiary/aromatic N) is 1. The Morgan fingerprint density at radius 2 is 1.83 bits per heavy atom. The maximum Gasteiger partial charge on any atom is 0.222 e. The molecule has 1 atom stereocenters. The molecule has 0 bridgehead atoms. The third-order valence-corrected chi connectivity index (χ3v) is 4.41. The third-order valence-electron chi connectivity index (χ3n) is 4.41. The molecule has 1 heterocycles. The van der Waals surface area contributed by atoms with Crippen LogP contribution in [0.1, 0.15) is 57.8 Å². The second-order valence-electron chi connectivity index (χ2n) is 5.59. The van der Waals surface area contributed by atoms with Crippen LogP contribution in [-0.4, -0.2) is 29.9 Å². The zero-order chi connectivity index (χ0) is 12.1. The van der Waals surface area contributed by atoms with Gasteiger partial charge in [0.25, 0.3) is 0 Å². The summed E-state index contributed by atoms with van der Waals surface area (Å²) in [6.07, 6.45) is 10.7. The lowest BCUT2D eigenvalue weighted by Crippen LogP contribution is -2.40. The van der Waals surface area contributed by atoms with Crippen LogP contribution in [0.25, 0.3) is 0 Å². The maximum atomic E-state index is 12.1. The molecule has 106 valence electrons. The van der Waals surface area contributed by atoms with Crippen LogP contribution < -0.4 is 5.73 Å². The molecule has 2 fully saturated rings. The minimum absolute atomic E-state index is 0. The average molecular weight is 275 g/mol. The van der Waals surface area contributed by atoms with Crippen LogP contribution in [0, 0.1) is 5.92 Å². The first-order valence-corrected chi connectivity index (χ1v) is 7.32. The van der Waals surface area contributed by atoms with E-state index in [4.69, 9.17) is 5.73 Å². The number of halogens is 1. The molecule has 1 saturated carbocycles. The van der Waals surface area contributed by atoms with Crippen molar-refractivity contribution in [3.05, 3.63) is 0 Å². The number of rotatable bonds is 4.